The minimum Gasteiger partial charge on any atom is -0.497 e. The number of rotatable bonds is 15. The van der Waals surface area contributed by atoms with Crippen LogP contribution in [0.25, 0.3) is 44.3 Å². The monoisotopic (exact) mass is 1180 g/mol. The molecule has 1 heterocycles. The summed E-state index contributed by atoms with van der Waals surface area (Å²) in [5.41, 5.74) is 15.1. The molecule has 0 saturated carbocycles. The Morgan fingerprint density at radius 2 is 0.830 bits per heavy atom. The van der Waals surface area contributed by atoms with Gasteiger partial charge in [0.05, 0.1) is 12.6 Å². The maximum atomic E-state index is 12.8. The van der Waals surface area contributed by atoms with Gasteiger partial charge in [0.2, 0.25) is 0 Å². The molecule has 2 amide bonds. The van der Waals surface area contributed by atoms with Gasteiger partial charge in [0.1, 0.15) is 43.3 Å². The number of carboxylic acid groups (broad SMARTS) is 2. The van der Waals surface area contributed by atoms with Crippen LogP contribution in [0.4, 0.5) is 14.4 Å². The van der Waals surface area contributed by atoms with E-state index in [-0.39, 0.29) is 49.8 Å². The van der Waals surface area contributed by atoms with E-state index in [0.717, 1.165) is 50.1 Å². The number of carbonyl (C=O) groups excluding carboxylic acids is 4. The van der Waals surface area contributed by atoms with Crippen molar-refractivity contribution < 1.29 is 62.7 Å². The van der Waals surface area contributed by atoms with Crippen molar-refractivity contribution in [2.24, 2.45) is 0 Å². The van der Waals surface area contributed by atoms with Crippen molar-refractivity contribution in [3.8, 4) is 39.1 Å². The Morgan fingerprint density at radius 3 is 1.19 bits per heavy atom. The zero-order valence-corrected chi connectivity index (χ0v) is 49.3. The number of aliphatic carboxylic acids is 2. The molecule has 0 spiro atoms. The lowest BCUT2D eigenvalue weighted by molar-refractivity contribution is -0.141. The van der Waals surface area contributed by atoms with Crippen LogP contribution in [-0.4, -0.2) is 95.6 Å². The topological polar surface area (TPSA) is 218 Å². The highest BCUT2D eigenvalue weighted by Crippen LogP contribution is 2.47. The molecule has 8 aromatic carbocycles. The lowest BCUT2D eigenvalue weighted by atomic mass is 9.98. The summed E-state index contributed by atoms with van der Waals surface area (Å²) >= 11 is 0. The highest BCUT2D eigenvalue weighted by atomic mass is 16.6. The number of hydrogen-bond acceptors (Lipinski definition) is 11. The number of carboxylic acids is 2. The molecule has 88 heavy (non-hydrogen) atoms. The third kappa shape index (κ3) is 13.8. The molecule has 0 unspecified atom stereocenters. The lowest BCUT2D eigenvalue weighted by Crippen LogP contribution is -2.42. The van der Waals surface area contributed by atoms with Gasteiger partial charge >= 0.3 is 36.2 Å². The summed E-state index contributed by atoms with van der Waals surface area (Å²) in [5.74, 6) is -1.93. The second-order valence-corrected chi connectivity index (χ2v) is 22.5. The van der Waals surface area contributed by atoms with Gasteiger partial charge in [0.15, 0.2) is 0 Å². The molecule has 2 atom stereocenters. The van der Waals surface area contributed by atoms with Crippen molar-refractivity contribution >= 4 is 47.1 Å². The summed E-state index contributed by atoms with van der Waals surface area (Å²) in [6.45, 7) is 7.40. The number of benzene rings is 8. The molecule has 3 aliphatic carbocycles. The van der Waals surface area contributed by atoms with Gasteiger partial charge in [-0.3, -0.25) is 9.36 Å². The van der Waals surface area contributed by atoms with Gasteiger partial charge in [-0.15, -0.1) is 0 Å². The minimum atomic E-state index is -1.27. The van der Waals surface area contributed by atoms with Crippen molar-refractivity contribution in [2.75, 3.05) is 26.9 Å². The van der Waals surface area contributed by atoms with Crippen LogP contribution in [0.2, 0.25) is 0 Å². The number of alkyl carbamates (subject to hydrolysis) is 2. The average molecular weight is 1180 g/mol. The zero-order valence-electron chi connectivity index (χ0n) is 49.3. The Kier molecular flexibility index (Phi) is 18.5. The fourth-order valence-electron chi connectivity index (χ4n) is 11.7. The van der Waals surface area contributed by atoms with E-state index in [1.807, 2.05) is 109 Å². The highest BCUT2D eigenvalue weighted by Gasteiger charge is 2.33. The molecule has 9 aromatic rings. The Bertz CT molecular complexity index is 3920. The van der Waals surface area contributed by atoms with Crippen LogP contribution in [0.5, 0.6) is 5.75 Å². The van der Waals surface area contributed by atoms with E-state index in [2.05, 4.69) is 47.0 Å². The standard InChI is InChI=1S/C31H30N2O6.C25H23NO5.C16H14O2/c1-31(2,3)39-30(37)33-17-19(20-10-8-9-15-27(20)33)16-26(28(34)35)32-29(36)38-18-25-23-13-6-4-11-21(23)22-12-5-7-14-24(22)25;1-30-17-12-10-16(11-13-17)14-23(24(27)28)26-25(29)31-15-22-20-8-4-2-6-18(20)19-7-3-5-9-21(19)22;1-11(17)18-10-16-14-8-4-2-6-12(14)13-7-3-5-9-15(13)16/h4-15,17,25-26H,16,18H2,1-3H3,(H,32,36)(H,34,35);2-13,22-23H,14-15H2,1H3,(H,26,29)(H,27,28);2-9,16H,10H2,1H3/t26-;23-;/m00./s1. The van der Waals surface area contributed by atoms with Crippen LogP contribution >= 0.6 is 0 Å². The number of methoxy groups -OCH3 is 1. The zero-order chi connectivity index (χ0) is 62.1. The molecular weight excluding hydrogens is 1110 g/mol. The number of fused-ring (bicyclic) bond motifs is 10. The second-order valence-electron chi connectivity index (χ2n) is 22.5. The molecule has 0 saturated heterocycles. The number of para-hydroxylation sites is 1. The van der Waals surface area contributed by atoms with E-state index in [0.29, 0.717) is 28.8 Å². The smallest absolute Gasteiger partial charge is 0.419 e. The Balaban J connectivity index is 0.000000155. The van der Waals surface area contributed by atoms with Crippen molar-refractivity contribution in [1.29, 1.82) is 0 Å². The summed E-state index contributed by atoms with van der Waals surface area (Å²) in [4.78, 5) is 72.8. The lowest BCUT2D eigenvalue weighted by Gasteiger charge is -2.19. The Morgan fingerprint density at radius 1 is 0.477 bits per heavy atom. The van der Waals surface area contributed by atoms with Crippen LogP contribution in [0.3, 0.4) is 0 Å². The fourth-order valence-corrected chi connectivity index (χ4v) is 11.7. The molecular formula is C72H67N3O13. The first kappa shape index (κ1) is 60.6. The molecule has 0 radical (unpaired) electrons. The Labute approximate surface area is 509 Å². The average Bonchev–Trinajstić information content (AvgIpc) is 2.16. The molecule has 16 nitrogen and oxygen atoms in total. The van der Waals surface area contributed by atoms with Gasteiger partial charge in [-0.1, -0.05) is 176 Å². The maximum absolute atomic E-state index is 12.8. The summed E-state index contributed by atoms with van der Waals surface area (Å²) < 4.78 is 28.2. The van der Waals surface area contributed by atoms with Crippen molar-refractivity contribution in [2.45, 2.75) is 76.0 Å². The van der Waals surface area contributed by atoms with Gasteiger partial charge in [-0.2, -0.15) is 0 Å². The normalized spacial score (nSPS) is 13.2. The Hall–Kier alpha value is -10.5. The van der Waals surface area contributed by atoms with Crippen LogP contribution < -0.4 is 15.4 Å². The first-order valence-electron chi connectivity index (χ1n) is 28.9. The van der Waals surface area contributed by atoms with E-state index >= 15 is 0 Å². The number of ether oxygens (including phenoxy) is 5. The number of carbonyl (C=O) groups is 6. The van der Waals surface area contributed by atoms with Crippen LogP contribution in [0, 0.1) is 0 Å². The minimum absolute atomic E-state index is 0.0458. The highest BCUT2D eigenvalue weighted by molar-refractivity contribution is 5.93. The molecule has 0 fully saturated rings. The summed E-state index contributed by atoms with van der Waals surface area (Å²) in [5, 5.41) is 25.1. The number of nitrogens with one attached hydrogen (secondary N) is 2. The third-order valence-corrected chi connectivity index (χ3v) is 15.7. The number of nitrogens with zero attached hydrogens (tertiary/aromatic N) is 1. The van der Waals surface area contributed by atoms with Crippen LogP contribution in [0.15, 0.2) is 200 Å². The molecule has 1 aromatic heterocycles. The maximum Gasteiger partial charge on any atom is 0.419 e. The van der Waals surface area contributed by atoms with Crippen LogP contribution in [-0.2, 0) is 46.2 Å². The van der Waals surface area contributed by atoms with E-state index < -0.39 is 47.9 Å². The fraction of sp³-hybridized carbons (Fsp3) is 0.222. The number of hydrogen-bond donors (Lipinski definition) is 4. The van der Waals surface area contributed by atoms with Crippen molar-refractivity contribution in [3.05, 3.63) is 245 Å². The SMILES string of the molecule is CC(=O)OCC1c2ccccc2-c2ccccc21.CC(C)(C)OC(=O)n1cc(C[C@H](NC(=O)OCC2c3ccccc3-c3ccccc32)C(=O)O)c2ccccc21.COc1ccc(C[C@H](NC(=O)OCC2c3ccccc3-c3ccccc32)C(=O)O)cc1. The van der Waals surface area contributed by atoms with E-state index in [9.17, 15) is 39.0 Å². The first-order chi connectivity index (χ1) is 42.5. The summed E-state index contributed by atoms with van der Waals surface area (Å²) in [7, 11) is 1.56. The molecule has 12 rings (SSSR count). The molecule has 3 aliphatic rings. The predicted molar refractivity (Wildman–Crippen MR) is 334 cm³/mol. The first-order valence-corrected chi connectivity index (χ1v) is 28.9. The van der Waals surface area contributed by atoms with E-state index in [1.165, 1.54) is 33.7 Å². The van der Waals surface area contributed by atoms with Gasteiger partial charge in [-0.25, -0.2) is 24.0 Å². The number of esters is 1. The predicted octanol–water partition coefficient (Wildman–Crippen LogP) is 13.6. The molecule has 16 heteroatoms. The van der Waals surface area contributed by atoms with Gasteiger partial charge < -0.3 is 44.5 Å². The van der Waals surface area contributed by atoms with Crippen LogP contribution in [0.1, 0.15) is 90.0 Å². The molecule has 4 N–H and O–H groups in total. The molecule has 448 valence electrons. The molecule has 0 aliphatic heterocycles. The van der Waals surface area contributed by atoms with Crippen molar-refractivity contribution in [1.82, 2.24) is 15.2 Å². The molecule has 0 bridgehead atoms. The quantitative estimate of drug-likeness (QED) is 0.0555. The van der Waals surface area contributed by atoms with Gasteiger partial charge in [0, 0.05) is 49.1 Å². The largest absolute Gasteiger partial charge is 0.497 e. The second kappa shape index (κ2) is 26.8. The number of amides is 2. The van der Waals surface area contributed by atoms with E-state index in [4.69, 9.17) is 23.7 Å². The van der Waals surface area contributed by atoms with Crippen molar-refractivity contribution in [3.63, 3.8) is 0 Å². The van der Waals surface area contributed by atoms with Gasteiger partial charge in [-0.05, 0) is 117 Å². The third-order valence-electron chi connectivity index (χ3n) is 15.7. The summed E-state index contributed by atoms with van der Waals surface area (Å²) in [6.07, 6.45) is -0.475. The van der Waals surface area contributed by atoms with E-state index in [1.54, 1.807) is 82.6 Å². The number of aromatic nitrogens is 1. The summed E-state index contributed by atoms with van der Waals surface area (Å²) in [6, 6.07) is 60.5. The van der Waals surface area contributed by atoms with Gasteiger partial charge in [0.25, 0.3) is 0 Å².